The summed E-state index contributed by atoms with van der Waals surface area (Å²) >= 11 is 0. The summed E-state index contributed by atoms with van der Waals surface area (Å²) in [5.74, 6) is 4.22. The molecule has 0 saturated carbocycles. The number of halogens is 3. The number of aryl methyl sites for hydroxylation is 1. The number of alkyl halides is 3. The Hall–Kier alpha value is -3.34. The minimum Gasteiger partial charge on any atom is -0.341 e. The lowest BCUT2D eigenvalue weighted by atomic mass is 10.1. The Morgan fingerprint density at radius 1 is 1.23 bits per heavy atom. The average Bonchev–Trinajstić information content (AvgIpc) is 2.58. The zero-order valence-electron chi connectivity index (χ0n) is 13.6. The number of carbonyl (C=O) groups excluding carboxylic acids is 1. The van der Waals surface area contributed by atoms with Gasteiger partial charge in [-0.3, -0.25) is 14.9 Å². The van der Waals surface area contributed by atoms with Gasteiger partial charge < -0.3 is 5.32 Å². The van der Waals surface area contributed by atoms with Gasteiger partial charge in [0.1, 0.15) is 0 Å². The number of benzene rings is 2. The topological polar surface area (TPSA) is 72.2 Å². The summed E-state index contributed by atoms with van der Waals surface area (Å²) in [7, 11) is 0. The maximum absolute atomic E-state index is 12.9. The van der Waals surface area contributed by atoms with Crippen LogP contribution in [0.15, 0.2) is 42.5 Å². The largest absolute Gasteiger partial charge is 0.417 e. The van der Waals surface area contributed by atoms with Crippen LogP contribution in [0.25, 0.3) is 0 Å². The SMILES string of the molecule is Cc1ccc(C(=O)NCC#Cc2ccccc2C(F)(F)F)cc1[N+](=O)[O-]. The fraction of sp³-hybridized carbons (Fsp3) is 0.167. The first kappa shape index (κ1) is 19.0. The molecule has 1 amide bonds. The van der Waals surface area contributed by atoms with Gasteiger partial charge in [-0.2, -0.15) is 13.2 Å². The van der Waals surface area contributed by atoms with Crippen molar-refractivity contribution >= 4 is 11.6 Å². The molecule has 0 atom stereocenters. The molecule has 2 aromatic rings. The summed E-state index contributed by atoms with van der Waals surface area (Å²) in [4.78, 5) is 22.3. The predicted molar refractivity (Wildman–Crippen MR) is 88.5 cm³/mol. The maximum atomic E-state index is 12.9. The van der Waals surface area contributed by atoms with Gasteiger partial charge in [-0.25, -0.2) is 0 Å². The summed E-state index contributed by atoms with van der Waals surface area (Å²) in [5.41, 5.74) is -0.758. The van der Waals surface area contributed by atoms with Crippen molar-refractivity contribution in [2.45, 2.75) is 13.1 Å². The Balaban J connectivity index is 2.08. The zero-order valence-corrected chi connectivity index (χ0v) is 13.6. The van der Waals surface area contributed by atoms with E-state index in [-0.39, 0.29) is 23.4 Å². The van der Waals surface area contributed by atoms with Crippen molar-refractivity contribution in [2.75, 3.05) is 6.54 Å². The Labute approximate surface area is 147 Å². The van der Waals surface area contributed by atoms with Crippen molar-refractivity contribution in [1.29, 1.82) is 0 Å². The molecule has 0 bridgehead atoms. The molecular weight excluding hydrogens is 349 g/mol. The predicted octanol–water partition coefficient (Wildman–Crippen LogP) is 3.70. The van der Waals surface area contributed by atoms with Gasteiger partial charge in [0.05, 0.1) is 17.0 Å². The van der Waals surface area contributed by atoms with Crippen LogP contribution in [0.1, 0.15) is 27.0 Å². The van der Waals surface area contributed by atoms with Crippen LogP contribution >= 0.6 is 0 Å². The van der Waals surface area contributed by atoms with E-state index >= 15 is 0 Å². The highest BCUT2D eigenvalue weighted by Crippen LogP contribution is 2.31. The van der Waals surface area contributed by atoms with Crippen LogP contribution in [0.3, 0.4) is 0 Å². The highest BCUT2D eigenvalue weighted by molar-refractivity contribution is 5.95. The lowest BCUT2D eigenvalue weighted by Crippen LogP contribution is -2.23. The van der Waals surface area contributed by atoms with Gasteiger partial charge >= 0.3 is 6.18 Å². The number of hydrogen-bond donors (Lipinski definition) is 1. The van der Waals surface area contributed by atoms with Gasteiger partial charge in [0.15, 0.2) is 0 Å². The molecule has 0 fully saturated rings. The van der Waals surface area contributed by atoms with Crippen molar-refractivity contribution in [2.24, 2.45) is 0 Å². The van der Waals surface area contributed by atoms with Gasteiger partial charge in [0, 0.05) is 22.8 Å². The zero-order chi connectivity index (χ0) is 19.3. The van der Waals surface area contributed by atoms with E-state index in [1.165, 1.54) is 30.3 Å². The summed E-state index contributed by atoms with van der Waals surface area (Å²) in [5, 5.41) is 13.3. The third kappa shape index (κ3) is 4.60. The fourth-order valence-electron chi connectivity index (χ4n) is 2.15. The Morgan fingerprint density at radius 3 is 2.58 bits per heavy atom. The second-order valence-electron chi connectivity index (χ2n) is 5.29. The number of nitro benzene ring substituents is 1. The number of nitrogens with zero attached hydrogens (tertiary/aromatic N) is 1. The van der Waals surface area contributed by atoms with E-state index in [0.29, 0.717) is 5.56 Å². The first-order valence-electron chi connectivity index (χ1n) is 7.38. The first-order chi connectivity index (χ1) is 12.2. The molecule has 0 aliphatic rings. The molecule has 26 heavy (non-hydrogen) atoms. The lowest BCUT2D eigenvalue weighted by Gasteiger charge is -2.08. The molecule has 0 aliphatic carbocycles. The molecule has 0 unspecified atom stereocenters. The van der Waals surface area contributed by atoms with Gasteiger partial charge in [-0.05, 0) is 25.1 Å². The second kappa shape index (κ2) is 7.70. The number of carbonyl (C=O) groups is 1. The number of nitro groups is 1. The average molecular weight is 362 g/mol. The molecule has 0 aromatic heterocycles. The molecule has 134 valence electrons. The van der Waals surface area contributed by atoms with E-state index in [0.717, 1.165) is 12.1 Å². The van der Waals surface area contributed by atoms with Crippen molar-refractivity contribution in [3.8, 4) is 11.8 Å². The molecule has 0 radical (unpaired) electrons. The third-order valence-electron chi connectivity index (χ3n) is 3.46. The minimum atomic E-state index is -4.52. The molecule has 2 rings (SSSR count). The molecular formula is C18H13F3N2O3. The summed E-state index contributed by atoms with van der Waals surface area (Å²) < 4.78 is 38.6. The van der Waals surface area contributed by atoms with Crippen LogP contribution in [0.2, 0.25) is 0 Å². The Kier molecular flexibility index (Phi) is 5.62. The number of amides is 1. The van der Waals surface area contributed by atoms with Gasteiger partial charge in [0.2, 0.25) is 0 Å². The highest BCUT2D eigenvalue weighted by Gasteiger charge is 2.32. The molecule has 0 spiro atoms. The number of nitrogens with one attached hydrogen (secondary N) is 1. The summed E-state index contributed by atoms with van der Waals surface area (Å²) in [6.07, 6.45) is -4.52. The van der Waals surface area contributed by atoms with Crippen LogP contribution < -0.4 is 5.32 Å². The van der Waals surface area contributed by atoms with E-state index in [9.17, 15) is 28.1 Å². The van der Waals surface area contributed by atoms with Crippen molar-refractivity contribution in [1.82, 2.24) is 5.32 Å². The van der Waals surface area contributed by atoms with Crippen molar-refractivity contribution in [3.63, 3.8) is 0 Å². The van der Waals surface area contributed by atoms with E-state index in [2.05, 4.69) is 17.2 Å². The van der Waals surface area contributed by atoms with E-state index in [1.54, 1.807) is 6.92 Å². The maximum Gasteiger partial charge on any atom is 0.417 e. The summed E-state index contributed by atoms with van der Waals surface area (Å²) in [6.45, 7) is 1.34. The second-order valence-corrected chi connectivity index (χ2v) is 5.29. The van der Waals surface area contributed by atoms with Crippen molar-refractivity contribution in [3.05, 3.63) is 74.8 Å². The number of rotatable bonds is 3. The number of hydrogen-bond acceptors (Lipinski definition) is 3. The van der Waals surface area contributed by atoms with Crippen LogP contribution in [0, 0.1) is 28.9 Å². The molecule has 1 N–H and O–H groups in total. The Bertz CT molecular complexity index is 912. The van der Waals surface area contributed by atoms with Crippen LogP contribution in [0.5, 0.6) is 0 Å². The molecule has 0 heterocycles. The lowest BCUT2D eigenvalue weighted by molar-refractivity contribution is -0.385. The van der Waals surface area contributed by atoms with E-state index < -0.39 is 22.6 Å². The standard InChI is InChI=1S/C18H13F3N2O3/c1-12-8-9-14(11-16(12)23(25)26)17(24)22-10-4-6-13-5-2-3-7-15(13)18(19,20)21/h2-3,5,7-9,11H,10H2,1H3,(H,22,24). The quantitative estimate of drug-likeness (QED) is 0.514. The van der Waals surface area contributed by atoms with E-state index in [4.69, 9.17) is 0 Å². The molecule has 0 aliphatic heterocycles. The Morgan fingerprint density at radius 2 is 1.92 bits per heavy atom. The molecule has 8 heteroatoms. The fourth-order valence-corrected chi connectivity index (χ4v) is 2.15. The van der Waals surface area contributed by atoms with Crippen molar-refractivity contribution < 1.29 is 22.9 Å². The first-order valence-corrected chi connectivity index (χ1v) is 7.38. The smallest absolute Gasteiger partial charge is 0.341 e. The van der Waals surface area contributed by atoms with E-state index in [1.807, 2.05) is 0 Å². The van der Waals surface area contributed by atoms with Gasteiger partial charge in [-0.1, -0.05) is 30.0 Å². The van der Waals surface area contributed by atoms with Crippen LogP contribution in [-0.2, 0) is 6.18 Å². The normalized spacial score (nSPS) is 10.6. The molecule has 5 nitrogen and oxygen atoms in total. The molecule has 2 aromatic carbocycles. The van der Waals surface area contributed by atoms with Crippen LogP contribution in [-0.4, -0.2) is 17.4 Å². The summed E-state index contributed by atoms with van der Waals surface area (Å²) in [6, 6.07) is 8.86. The monoisotopic (exact) mass is 362 g/mol. The van der Waals surface area contributed by atoms with Gasteiger partial charge in [0.25, 0.3) is 11.6 Å². The third-order valence-corrected chi connectivity index (χ3v) is 3.46. The molecule has 0 saturated heterocycles. The minimum absolute atomic E-state index is 0.0693. The van der Waals surface area contributed by atoms with Gasteiger partial charge in [-0.15, -0.1) is 0 Å². The highest BCUT2D eigenvalue weighted by atomic mass is 19.4. The van der Waals surface area contributed by atoms with Crippen LogP contribution in [0.4, 0.5) is 18.9 Å².